The Morgan fingerprint density at radius 1 is 1.04 bits per heavy atom. The van der Waals surface area contributed by atoms with Crippen molar-refractivity contribution in [2.24, 2.45) is 5.41 Å². The largest absolute Gasteiger partial charge is 0.147 e. The van der Waals surface area contributed by atoms with Crippen molar-refractivity contribution in [3.05, 3.63) is 46.7 Å². The molecule has 0 fully saturated rings. The van der Waals surface area contributed by atoms with E-state index in [1.807, 2.05) is 0 Å². The topological polar surface area (TPSA) is 0 Å². The minimum absolute atomic E-state index is 0.195. The maximum atomic E-state index is 2.60. The fourth-order valence-electron chi connectivity index (χ4n) is 4.13. The highest BCUT2D eigenvalue weighted by atomic mass is 32.2. The van der Waals surface area contributed by atoms with E-state index in [-0.39, 0.29) is 14.5 Å². The summed E-state index contributed by atoms with van der Waals surface area (Å²) in [5.74, 6) is 0. The summed E-state index contributed by atoms with van der Waals surface area (Å²) < 4.78 is 0.472. The molecular weight excluding hydrogens is 324 g/mol. The Morgan fingerprint density at radius 2 is 1.67 bits per heavy atom. The quantitative estimate of drug-likeness (QED) is 0.477. The third kappa shape index (κ3) is 3.70. The van der Waals surface area contributed by atoms with E-state index in [1.165, 1.54) is 12.0 Å². The van der Waals surface area contributed by atoms with Crippen LogP contribution in [0, 0.1) is 5.41 Å². The summed E-state index contributed by atoms with van der Waals surface area (Å²) in [5, 5.41) is 1.64. The molecule has 0 aromatic heterocycles. The smallest absolute Gasteiger partial charge is 0.103 e. The number of hydrogen-bond acceptors (Lipinski definition) is 1. The molecule has 134 valence electrons. The zero-order chi connectivity index (χ0) is 18.4. The Balaban J connectivity index is 2.69. The molecule has 0 saturated carbocycles. The molecule has 2 aliphatic carbocycles. The van der Waals surface area contributed by atoms with E-state index in [1.54, 1.807) is 10.8 Å². The maximum Gasteiger partial charge on any atom is 0.103 e. The van der Waals surface area contributed by atoms with Crippen LogP contribution in [0.25, 0.3) is 0 Å². The van der Waals surface area contributed by atoms with E-state index in [9.17, 15) is 0 Å². The first-order chi connectivity index (χ1) is 10.8. The van der Waals surface area contributed by atoms with E-state index < -0.39 is 8.07 Å². The van der Waals surface area contributed by atoms with Crippen LogP contribution in [0.3, 0.4) is 0 Å². The Morgan fingerprint density at radius 3 is 2.12 bits per heavy atom. The molecule has 1 atom stereocenters. The average Bonchev–Trinajstić information content (AvgIpc) is 2.92. The molecule has 1 unspecified atom stereocenters. The second-order valence-electron chi connectivity index (χ2n) is 9.92. The Labute approximate surface area is 155 Å². The normalized spacial score (nSPS) is 25.5. The third-order valence-electron chi connectivity index (χ3n) is 5.31. The summed E-state index contributed by atoms with van der Waals surface area (Å²) >= 11 is 2.23. The van der Waals surface area contributed by atoms with Crippen molar-refractivity contribution in [2.75, 3.05) is 0 Å². The van der Waals surface area contributed by atoms with Crippen LogP contribution in [0.15, 0.2) is 46.7 Å². The summed E-state index contributed by atoms with van der Waals surface area (Å²) in [6, 6.07) is 0. The SMILES string of the molecule is CC1=CCC(SC(C)(C)C)([Si](C)(C)C2=CCC=C2)C(C(C)(C)C)=C1. The molecule has 0 bridgehead atoms. The highest BCUT2D eigenvalue weighted by Gasteiger charge is 2.55. The van der Waals surface area contributed by atoms with Crippen LogP contribution < -0.4 is 0 Å². The lowest BCUT2D eigenvalue weighted by molar-refractivity contribution is 0.468. The third-order valence-corrected chi connectivity index (χ3v) is 12.8. The monoisotopic (exact) mass is 360 g/mol. The summed E-state index contributed by atoms with van der Waals surface area (Å²) in [4.78, 5) is 0. The van der Waals surface area contributed by atoms with Crippen molar-refractivity contribution in [3.63, 3.8) is 0 Å². The molecule has 0 amide bonds. The van der Waals surface area contributed by atoms with Gasteiger partial charge in [0.15, 0.2) is 0 Å². The van der Waals surface area contributed by atoms with Gasteiger partial charge in [0.1, 0.15) is 8.07 Å². The predicted octanol–water partition coefficient (Wildman–Crippen LogP) is 7.25. The van der Waals surface area contributed by atoms with Gasteiger partial charge in [-0.05, 0) is 25.2 Å². The number of rotatable bonds is 3. The van der Waals surface area contributed by atoms with Crippen LogP contribution >= 0.6 is 11.8 Å². The van der Waals surface area contributed by atoms with Gasteiger partial charge in [0.25, 0.3) is 0 Å². The fourth-order valence-corrected chi connectivity index (χ4v) is 11.5. The van der Waals surface area contributed by atoms with Gasteiger partial charge < -0.3 is 0 Å². The van der Waals surface area contributed by atoms with Crippen LogP contribution in [0.2, 0.25) is 13.1 Å². The van der Waals surface area contributed by atoms with Crippen molar-refractivity contribution >= 4 is 19.8 Å². The first-order valence-electron chi connectivity index (χ1n) is 9.26. The van der Waals surface area contributed by atoms with Crippen LogP contribution in [-0.4, -0.2) is 17.2 Å². The van der Waals surface area contributed by atoms with Crippen molar-refractivity contribution in [1.29, 1.82) is 0 Å². The van der Waals surface area contributed by atoms with Gasteiger partial charge in [0.2, 0.25) is 0 Å². The van der Waals surface area contributed by atoms with Crippen LogP contribution in [-0.2, 0) is 0 Å². The lowest BCUT2D eigenvalue weighted by Gasteiger charge is -2.54. The molecule has 0 saturated heterocycles. The molecular formula is C22H36SSi. The van der Waals surface area contributed by atoms with E-state index in [0.29, 0.717) is 0 Å². The molecule has 2 aliphatic rings. The van der Waals surface area contributed by atoms with Crippen molar-refractivity contribution in [2.45, 2.75) is 83.5 Å². The molecule has 0 spiro atoms. The number of thioether (sulfide) groups is 1. The Bertz CT molecular complexity index is 617. The molecule has 0 heterocycles. The second-order valence-corrected chi connectivity index (χ2v) is 17.1. The van der Waals surface area contributed by atoms with Gasteiger partial charge >= 0.3 is 0 Å². The second kappa shape index (κ2) is 6.36. The van der Waals surface area contributed by atoms with Crippen LogP contribution in [0.4, 0.5) is 0 Å². The van der Waals surface area contributed by atoms with Crippen molar-refractivity contribution in [1.82, 2.24) is 0 Å². The van der Waals surface area contributed by atoms with Gasteiger partial charge in [-0.25, -0.2) is 0 Å². The van der Waals surface area contributed by atoms with Crippen molar-refractivity contribution in [3.8, 4) is 0 Å². The Kier molecular flexibility index (Phi) is 5.26. The molecule has 2 rings (SSSR count). The van der Waals surface area contributed by atoms with Crippen LogP contribution in [0.1, 0.15) is 61.3 Å². The van der Waals surface area contributed by atoms with E-state index in [2.05, 4.69) is 104 Å². The zero-order valence-electron chi connectivity index (χ0n) is 17.2. The lowest BCUT2D eigenvalue weighted by Crippen LogP contribution is -2.58. The van der Waals surface area contributed by atoms with E-state index in [0.717, 1.165) is 6.42 Å². The molecule has 0 aromatic carbocycles. The fraction of sp³-hybridized carbons (Fsp3) is 0.636. The van der Waals surface area contributed by atoms with E-state index in [4.69, 9.17) is 0 Å². The highest BCUT2D eigenvalue weighted by molar-refractivity contribution is 8.04. The number of hydrogen-bond donors (Lipinski definition) is 0. The molecule has 0 aliphatic heterocycles. The molecule has 0 N–H and O–H groups in total. The summed E-state index contributed by atoms with van der Waals surface area (Å²) in [6.07, 6.45) is 14.5. The highest BCUT2D eigenvalue weighted by Crippen LogP contribution is 2.57. The standard InChI is InChI=1S/C22H36SSi/c1-17-14-15-22(23-21(5,6)7,19(16-17)20(2,3)4)24(8,9)18-12-10-11-13-18/h10,12-14,16H,11,15H2,1-9H3. The first-order valence-corrected chi connectivity index (χ1v) is 13.1. The molecule has 24 heavy (non-hydrogen) atoms. The zero-order valence-corrected chi connectivity index (χ0v) is 19.0. The van der Waals surface area contributed by atoms with Gasteiger partial charge in [-0.15, -0.1) is 11.8 Å². The van der Waals surface area contributed by atoms with Gasteiger partial charge in [0.05, 0.1) is 0 Å². The maximum absolute atomic E-state index is 2.60. The molecule has 0 aromatic rings. The van der Waals surface area contributed by atoms with Crippen molar-refractivity contribution < 1.29 is 0 Å². The summed E-state index contributed by atoms with van der Waals surface area (Å²) in [5.41, 5.74) is 3.29. The minimum atomic E-state index is -1.71. The minimum Gasteiger partial charge on any atom is -0.147 e. The number of allylic oxidation sites excluding steroid dienone is 7. The van der Waals surface area contributed by atoms with Gasteiger partial charge in [-0.3, -0.25) is 0 Å². The summed E-state index contributed by atoms with van der Waals surface area (Å²) in [6.45, 7) is 21.8. The lowest BCUT2D eigenvalue weighted by atomic mass is 9.79. The average molecular weight is 361 g/mol. The molecule has 0 nitrogen and oxygen atoms in total. The summed E-state index contributed by atoms with van der Waals surface area (Å²) in [7, 11) is -1.71. The Hall–Kier alpha value is -0.473. The first kappa shape index (κ1) is 19.8. The predicted molar refractivity (Wildman–Crippen MR) is 115 cm³/mol. The van der Waals surface area contributed by atoms with E-state index >= 15 is 0 Å². The van der Waals surface area contributed by atoms with Gasteiger partial charge in [-0.1, -0.05) is 101 Å². The van der Waals surface area contributed by atoms with Gasteiger partial charge in [-0.2, -0.15) is 0 Å². The molecule has 2 heteroatoms. The van der Waals surface area contributed by atoms with Gasteiger partial charge in [0, 0.05) is 9.12 Å². The van der Waals surface area contributed by atoms with Crippen LogP contribution in [0.5, 0.6) is 0 Å². The molecule has 0 radical (unpaired) electrons.